The van der Waals surface area contributed by atoms with Crippen LogP contribution in [0.1, 0.15) is 39.2 Å². The first-order valence-corrected chi connectivity index (χ1v) is 10.2. The number of benzene rings is 1. The quantitative estimate of drug-likeness (QED) is 0.737. The fraction of sp³-hybridized carbons (Fsp3) is 0.611. The highest BCUT2D eigenvalue weighted by molar-refractivity contribution is 7.81. The summed E-state index contributed by atoms with van der Waals surface area (Å²) in [7, 11) is -5.00. The molecular formula is C18H27FN2O5S. The molecule has 1 aliphatic rings. The number of amides is 1. The van der Waals surface area contributed by atoms with Crippen LogP contribution in [0, 0.1) is 5.92 Å². The summed E-state index contributed by atoms with van der Waals surface area (Å²) in [6, 6.07) is 6.28. The minimum Gasteiger partial charge on any atom is -0.444 e. The Labute approximate surface area is 160 Å². The van der Waals surface area contributed by atoms with Crippen molar-refractivity contribution in [3.63, 3.8) is 0 Å². The molecule has 152 valence electrons. The van der Waals surface area contributed by atoms with Crippen LogP contribution in [0.4, 0.5) is 8.68 Å². The molecule has 0 bridgehead atoms. The van der Waals surface area contributed by atoms with Crippen LogP contribution in [0.2, 0.25) is 0 Å². The first-order chi connectivity index (χ1) is 12.5. The van der Waals surface area contributed by atoms with Gasteiger partial charge < -0.3 is 14.2 Å². The smallest absolute Gasteiger partial charge is 0.444 e. The summed E-state index contributed by atoms with van der Waals surface area (Å²) in [4.78, 5) is 14.0. The van der Waals surface area contributed by atoms with E-state index in [-0.39, 0.29) is 5.75 Å². The van der Waals surface area contributed by atoms with E-state index in [2.05, 4.69) is 14.4 Å². The van der Waals surface area contributed by atoms with E-state index < -0.39 is 22.2 Å². The summed E-state index contributed by atoms with van der Waals surface area (Å²) in [6.07, 6.45) is 1.66. The molecule has 1 aromatic rings. The summed E-state index contributed by atoms with van der Waals surface area (Å²) in [5.74, 6) is 0.282. The fourth-order valence-corrected chi connectivity index (χ4v) is 3.37. The number of halogens is 1. The molecule has 1 N–H and O–H groups in total. The Kier molecular flexibility index (Phi) is 7.05. The molecule has 1 amide bonds. The zero-order valence-electron chi connectivity index (χ0n) is 15.9. The molecule has 0 radical (unpaired) electrons. The Bertz CT molecular complexity index is 731. The van der Waals surface area contributed by atoms with Crippen LogP contribution in [0.3, 0.4) is 0 Å². The van der Waals surface area contributed by atoms with E-state index in [0.717, 1.165) is 31.5 Å². The molecule has 9 heteroatoms. The average molecular weight is 402 g/mol. The number of piperidine rings is 1. The Morgan fingerprint density at radius 1 is 1.30 bits per heavy atom. The first kappa shape index (κ1) is 21.4. The van der Waals surface area contributed by atoms with Crippen molar-refractivity contribution in [1.82, 2.24) is 10.2 Å². The van der Waals surface area contributed by atoms with Crippen LogP contribution in [0.5, 0.6) is 5.75 Å². The van der Waals surface area contributed by atoms with Crippen LogP contribution in [-0.4, -0.2) is 44.6 Å². The van der Waals surface area contributed by atoms with Crippen molar-refractivity contribution in [2.45, 2.75) is 45.8 Å². The summed E-state index contributed by atoms with van der Waals surface area (Å²) < 4.78 is 42.9. The van der Waals surface area contributed by atoms with Crippen molar-refractivity contribution in [2.24, 2.45) is 5.92 Å². The summed E-state index contributed by atoms with van der Waals surface area (Å²) in [5.41, 5.74) is 0.458. The first-order valence-electron chi connectivity index (χ1n) is 8.92. The van der Waals surface area contributed by atoms with Crippen molar-refractivity contribution in [3.05, 3.63) is 29.8 Å². The van der Waals surface area contributed by atoms with Gasteiger partial charge in [0.1, 0.15) is 11.4 Å². The Morgan fingerprint density at radius 2 is 1.96 bits per heavy atom. The van der Waals surface area contributed by atoms with Gasteiger partial charge in [-0.3, -0.25) is 4.90 Å². The van der Waals surface area contributed by atoms with Gasteiger partial charge in [0.05, 0.1) is 0 Å². The number of nitrogens with zero attached hydrogens (tertiary/aromatic N) is 1. The van der Waals surface area contributed by atoms with Gasteiger partial charge in [0.15, 0.2) is 0 Å². The van der Waals surface area contributed by atoms with Gasteiger partial charge in [-0.15, -0.1) is 0 Å². The SMILES string of the molecule is CC(C)(C)OC(=O)NCC1CCCN(Cc2ccc(OS(=O)(=O)F)cc2)C1. The summed E-state index contributed by atoms with van der Waals surface area (Å²) >= 11 is 0. The van der Waals surface area contributed by atoms with Crippen LogP contribution in [0.15, 0.2) is 24.3 Å². The molecule has 1 atom stereocenters. The molecule has 0 saturated carbocycles. The molecule has 1 saturated heterocycles. The highest BCUT2D eigenvalue weighted by atomic mass is 32.3. The van der Waals surface area contributed by atoms with Gasteiger partial charge in [0.2, 0.25) is 0 Å². The number of hydrogen-bond donors (Lipinski definition) is 1. The molecule has 1 aromatic carbocycles. The maximum atomic E-state index is 12.5. The Balaban J connectivity index is 1.81. The molecule has 27 heavy (non-hydrogen) atoms. The number of carbonyl (C=O) groups is 1. The molecule has 0 spiro atoms. The third-order valence-electron chi connectivity index (χ3n) is 4.06. The fourth-order valence-electron chi connectivity index (χ4n) is 3.03. The van der Waals surface area contributed by atoms with Crippen molar-refractivity contribution in [1.29, 1.82) is 0 Å². The van der Waals surface area contributed by atoms with E-state index in [9.17, 15) is 17.1 Å². The zero-order chi connectivity index (χ0) is 20.1. The number of alkyl carbamates (subject to hydrolysis) is 1. The van der Waals surface area contributed by atoms with Crippen molar-refractivity contribution < 1.29 is 26.0 Å². The third-order valence-corrected chi connectivity index (χ3v) is 4.45. The molecule has 1 heterocycles. The summed E-state index contributed by atoms with van der Waals surface area (Å²) in [5, 5.41) is 2.83. The molecule has 0 aliphatic carbocycles. The minimum absolute atomic E-state index is 0.0562. The van der Waals surface area contributed by atoms with Gasteiger partial charge in [-0.1, -0.05) is 16.0 Å². The molecule has 7 nitrogen and oxygen atoms in total. The lowest BCUT2D eigenvalue weighted by Crippen LogP contribution is -2.41. The van der Waals surface area contributed by atoms with Gasteiger partial charge in [-0.05, 0) is 63.8 Å². The largest absolute Gasteiger partial charge is 0.488 e. The van der Waals surface area contributed by atoms with E-state index in [1.165, 1.54) is 12.1 Å². The lowest BCUT2D eigenvalue weighted by Gasteiger charge is -2.33. The lowest BCUT2D eigenvalue weighted by molar-refractivity contribution is 0.0506. The molecule has 1 unspecified atom stereocenters. The summed E-state index contributed by atoms with van der Waals surface area (Å²) in [6.45, 7) is 8.52. The van der Waals surface area contributed by atoms with E-state index >= 15 is 0 Å². The van der Waals surface area contributed by atoms with Crippen molar-refractivity contribution in [2.75, 3.05) is 19.6 Å². The van der Waals surface area contributed by atoms with E-state index in [4.69, 9.17) is 4.74 Å². The minimum atomic E-state index is -5.00. The molecule has 0 aromatic heterocycles. The topological polar surface area (TPSA) is 84.9 Å². The maximum absolute atomic E-state index is 12.5. The van der Waals surface area contributed by atoms with E-state index in [0.29, 0.717) is 19.0 Å². The molecule has 1 aliphatic heterocycles. The van der Waals surface area contributed by atoms with Crippen LogP contribution in [-0.2, 0) is 21.8 Å². The lowest BCUT2D eigenvalue weighted by atomic mass is 9.97. The van der Waals surface area contributed by atoms with Crippen LogP contribution in [0.25, 0.3) is 0 Å². The second kappa shape index (κ2) is 8.88. The van der Waals surface area contributed by atoms with E-state index in [1.54, 1.807) is 12.1 Å². The number of nitrogens with one attached hydrogen (secondary N) is 1. The highest BCUT2D eigenvalue weighted by Gasteiger charge is 2.22. The number of carbonyl (C=O) groups excluding carboxylic acids is 1. The number of likely N-dealkylation sites (tertiary alicyclic amines) is 1. The number of hydrogen-bond acceptors (Lipinski definition) is 6. The second-order valence-corrected chi connectivity index (χ2v) is 8.70. The standard InChI is InChI=1S/C18H27FN2O5S/c1-18(2,3)25-17(22)20-11-15-5-4-10-21(13-15)12-14-6-8-16(9-7-14)26-27(19,23)24/h6-9,15H,4-5,10-13H2,1-3H3,(H,20,22). The van der Waals surface area contributed by atoms with Crippen molar-refractivity contribution in [3.8, 4) is 5.75 Å². The van der Waals surface area contributed by atoms with Gasteiger partial charge >= 0.3 is 16.6 Å². The highest BCUT2D eigenvalue weighted by Crippen LogP contribution is 2.20. The predicted molar refractivity (Wildman–Crippen MR) is 99.3 cm³/mol. The molecular weight excluding hydrogens is 375 g/mol. The number of ether oxygens (including phenoxy) is 1. The maximum Gasteiger partial charge on any atom is 0.488 e. The average Bonchev–Trinajstić information content (AvgIpc) is 2.52. The number of rotatable bonds is 6. The third kappa shape index (κ3) is 8.57. The zero-order valence-corrected chi connectivity index (χ0v) is 16.7. The van der Waals surface area contributed by atoms with E-state index in [1.807, 2.05) is 20.8 Å². The Morgan fingerprint density at radius 3 is 2.56 bits per heavy atom. The Hall–Kier alpha value is -1.87. The van der Waals surface area contributed by atoms with Gasteiger partial charge in [-0.25, -0.2) is 4.79 Å². The monoisotopic (exact) mass is 402 g/mol. The predicted octanol–water partition coefficient (Wildman–Crippen LogP) is 3.02. The second-order valence-electron chi connectivity index (χ2n) is 7.75. The van der Waals surface area contributed by atoms with Crippen LogP contribution >= 0.6 is 0 Å². The van der Waals surface area contributed by atoms with Gasteiger partial charge in [0.25, 0.3) is 0 Å². The molecule has 2 rings (SSSR count). The normalized spacial score (nSPS) is 18.7. The molecule has 1 fully saturated rings. The van der Waals surface area contributed by atoms with Crippen LogP contribution < -0.4 is 9.50 Å². The van der Waals surface area contributed by atoms with Crippen molar-refractivity contribution >= 4 is 16.6 Å². The van der Waals surface area contributed by atoms with Gasteiger partial charge in [-0.2, -0.15) is 8.42 Å². The van der Waals surface area contributed by atoms with Gasteiger partial charge in [0, 0.05) is 19.6 Å².